The predicted octanol–water partition coefficient (Wildman–Crippen LogP) is 6.35. The average Bonchev–Trinajstić information content (AvgIpc) is 2.58. The van der Waals surface area contributed by atoms with Crippen molar-refractivity contribution in [3.8, 4) is 0 Å². The third-order valence-corrected chi connectivity index (χ3v) is 6.43. The lowest BCUT2D eigenvalue weighted by Crippen LogP contribution is -2.36. The summed E-state index contributed by atoms with van der Waals surface area (Å²) < 4.78 is 12.9. The van der Waals surface area contributed by atoms with Gasteiger partial charge >= 0.3 is 0 Å². The third-order valence-electron chi connectivity index (χ3n) is 4.35. The molecule has 136 valence electrons. The number of hydrogen-bond donors (Lipinski definition) is 0. The van der Waals surface area contributed by atoms with E-state index in [0.29, 0.717) is 10.3 Å². The van der Waals surface area contributed by atoms with Crippen LogP contribution in [0.15, 0.2) is 47.4 Å². The van der Waals surface area contributed by atoms with Crippen molar-refractivity contribution in [3.05, 3.63) is 63.9 Å². The topological polar surface area (TPSA) is 3.24 Å². The highest BCUT2D eigenvalue weighted by Gasteiger charge is 2.20. The molecule has 0 aromatic heterocycles. The summed E-state index contributed by atoms with van der Waals surface area (Å²) in [6.07, 6.45) is 3.29. The zero-order valence-corrected chi connectivity index (χ0v) is 16.9. The van der Waals surface area contributed by atoms with Crippen molar-refractivity contribution in [3.63, 3.8) is 0 Å². The number of benzene rings is 2. The predicted molar refractivity (Wildman–Crippen MR) is 109 cm³/mol. The second-order valence-electron chi connectivity index (χ2n) is 6.11. The highest BCUT2D eigenvalue weighted by molar-refractivity contribution is 8.00. The van der Waals surface area contributed by atoms with Crippen molar-refractivity contribution < 1.29 is 4.39 Å². The molecule has 2 aromatic rings. The Morgan fingerprint density at radius 2 is 1.72 bits per heavy atom. The molecular formula is C19H21Cl3FNS. The molecule has 1 aliphatic rings. The Labute approximate surface area is 169 Å². The monoisotopic (exact) mass is 419 g/mol. The Kier molecular flexibility index (Phi) is 8.37. The molecule has 0 radical (unpaired) electrons. The van der Waals surface area contributed by atoms with Crippen LogP contribution in [0.2, 0.25) is 10.0 Å². The van der Waals surface area contributed by atoms with Gasteiger partial charge in [0.15, 0.2) is 0 Å². The summed E-state index contributed by atoms with van der Waals surface area (Å²) in [7, 11) is 0. The average molecular weight is 421 g/mol. The fourth-order valence-electron chi connectivity index (χ4n) is 2.94. The maximum Gasteiger partial charge on any atom is 0.123 e. The molecule has 3 rings (SSSR count). The Bertz CT molecular complexity index is 673. The molecule has 0 saturated carbocycles. The van der Waals surface area contributed by atoms with E-state index >= 15 is 0 Å². The SMILES string of the molecule is Cl.Fc1ccc(CCN2CCC(Sc3ccc(Cl)cc3Cl)CC2)cc1. The minimum absolute atomic E-state index is 0. The van der Waals surface area contributed by atoms with Gasteiger partial charge in [0, 0.05) is 21.7 Å². The van der Waals surface area contributed by atoms with Crippen molar-refractivity contribution in [2.75, 3.05) is 19.6 Å². The Hall–Kier alpha value is -0.450. The molecule has 0 amide bonds. The van der Waals surface area contributed by atoms with Gasteiger partial charge in [-0.2, -0.15) is 0 Å². The molecule has 0 spiro atoms. The number of thioether (sulfide) groups is 1. The minimum Gasteiger partial charge on any atom is -0.303 e. The molecule has 2 aromatic carbocycles. The van der Waals surface area contributed by atoms with Crippen LogP contribution in [0.4, 0.5) is 4.39 Å². The smallest absolute Gasteiger partial charge is 0.123 e. The molecule has 0 bridgehead atoms. The number of nitrogens with zero attached hydrogens (tertiary/aromatic N) is 1. The van der Waals surface area contributed by atoms with E-state index in [1.54, 1.807) is 0 Å². The van der Waals surface area contributed by atoms with Crippen LogP contribution in [0.3, 0.4) is 0 Å². The van der Waals surface area contributed by atoms with E-state index in [-0.39, 0.29) is 18.2 Å². The van der Waals surface area contributed by atoms with E-state index in [4.69, 9.17) is 23.2 Å². The lowest BCUT2D eigenvalue weighted by molar-refractivity contribution is 0.235. The van der Waals surface area contributed by atoms with Crippen molar-refractivity contribution in [2.24, 2.45) is 0 Å². The van der Waals surface area contributed by atoms with Gasteiger partial charge in [0.25, 0.3) is 0 Å². The van der Waals surface area contributed by atoms with Gasteiger partial charge in [-0.15, -0.1) is 24.2 Å². The van der Waals surface area contributed by atoms with Crippen LogP contribution in [-0.4, -0.2) is 29.8 Å². The van der Waals surface area contributed by atoms with Crippen LogP contribution in [0.5, 0.6) is 0 Å². The van der Waals surface area contributed by atoms with E-state index in [9.17, 15) is 4.39 Å². The van der Waals surface area contributed by atoms with Crippen LogP contribution in [-0.2, 0) is 6.42 Å². The first kappa shape index (κ1) is 20.9. The molecule has 1 fully saturated rings. The highest BCUT2D eigenvalue weighted by Crippen LogP contribution is 2.36. The van der Waals surface area contributed by atoms with E-state index in [1.165, 1.54) is 17.7 Å². The first-order valence-corrected chi connectivity index (χ1v) is 9.82. The molecule has 25 heavy (non-hydrogen) atoms. The van der Waals surface area contributed by atoms with Gasteiger partial charge in [-0.3, -0.25) is 0 Å². The molecule has 1 heterocycles. The van der Waals surface area contributed by atoms with Crippen LogP contribution in [0.1, 0.15) is 18.4 Å². The van der Waals surface area contributed by atoms with Gasteiger partial charge in [0.1, 0.15) is 5.82 Å². The molecule has 6 heteroatoms. The molecule has 1 saturated heterocycles. The lowest BCUT2D eigenvalue weighted by atomic mass is 10.1. The number of piperidine rings is 1. The van der Waals surface area contributed by atoms with Crippen LogP contribution in [0.25, 0.3) is 0 Å². The van der Waals surface area contributed by atoms with Crippen molar-refractivity contribution >= 4 is 47.4 Å². The van der Waals surface area contributed by atoms with Gasteiger partial charge in [-0.25, -0.2) is 4.39 Å². The van der Waals surface area contributed by atoms with E-state index in [2.05, 4.69) is 4.90 Å². The molecule has 1 aliphatic heterocycles. The number of hydrogen-bond acceptors (Lipinski definition) is 2. The normalized spacial score (nSPS) is 15.8. The van der Waals surface area contributed by atoms with Crippen molar-refractivity contribution in [1.82, 2.24) is 4.90 Å². The fraction of sp³-hybridized carbons (Fsp3) is 0.368. The second kappa shape index (κ2) is 10.0. The van der Waals surface area contributed by atoms with Gasteiger partial charge < -0.3 is 4.90 Å². The molecule has 0 unspecified atom stereocenters. The zero-order chi connectivity index (χ0) is 16.9. The van der Waals surface area contributed by atoms with Crippen LogP contribution >= 0.6 is 47.4 Å². The number of likely N-dealkylation sites (tertiary alicyclic amines) is 1. The third kappa shape index (κ3) is 6.33. The fourth-order valence-corrected chi connectivity index (χ4v) is 4.61. The summed E-state index contributed by atoms with van der Waals surface area (Å²) >= 11 is 14.1. The van der Waals surface area contributed by atoms with Crippen LogP contribution < -0.4 is 0 Å². The maximum absolute atomic E-state index is 12.9. The van der Waals surface area contributed by atoms with Crippen molar-refractivity contribution in [1.29, 1.82) is 0 Å². The Morgan fingerprint density at radius 1 is 1.04 bits per heavy atom. The Balaban J connectivity index is 0.00000225. The summed E-state index contributed by atoms with van der Waals surface area (Å²) in [6.45, 7) is 3.23. The summed E-state index contributed by atoms with van der Waals surface area (Å²) in [5.74, 6) is -0.169. The van der Waals surface area contributed by atoms with Crippen LogP contribution in [0, 0.1) is 5.82 Å². The van der Waals surface area contributed by atoms with Gasteiger partial charge in [-0.05, 0) is 68.2 Å². The quantitative estimate of drug-likeness (QED) is 0.554. The maximum atomic E-state index is 12.9. The molecular weight excluding hydrogens is 400 g/mol. The summed E-state index contributed by atoms with van der Waals surface area (Å²) in [5, 5.41) is 2.02. The second-order valence-corrected chi connectivity index (χ2v) is 8.30. The van der Waals surface area contributed by atoms with E-state index in [1.807, 2.05) is 42.1 Å². The summed E-state index contributed by atoms with van der Waals surface area (Å²) in [5.41, 5.74) is 1.20. The van der Waals surface area contributed by atoms with Gasteiger partial charge in [-0.1, -0.05) is 35.3 Å². The minimum atomic E-state index is -0.169. The first-order valence-electron chi connectivity index (χ1n) is 8.18. The standard InChI is InChI=1S/C19H20Cl2FNS.ClH/c20-15-3-6-19(18(21)13-15)24-17-8-11-23(12-9-17)10-7-14-1-4-16(22)5-2-14;/h1-6,13,17H,7-12H2;1H. The molecule has 0 atom stereocenters. The largest absolute Gasteiger partial charge is 0.303 e. The molecule has 0 N–H and O–H groups in total. The molecule has 0 aliphatic carbocycles. The molecule has 1 nitrogen and oxygen atoms in total. The number of rotatable bonds is 5. The first-order chi connectivity index (χ1) is 11.6. The van der Waals surface area contributed by atoms with Gasteiger partial charge in [0.05, 0.1) is 5.02 Å². The van der Waals surface area contributed by atoms with Gasteiger partial charge in [0.2, 0.25) is 0 Å². The highest BCUT2D eigenvalue weighted by atomic mass is 35.5. The number of halogens is 4. The summed E-state index contributed by atoms with van der Waals surface area (Å²) in [6, 6.07) is 12.5. The lowest BCUT2D eigenvalue weighted by Gasteiger charge is -2.31. The zero-order valence-electron chi connectivity index (χ0n) is 13.8. The Morgan fingerprint density at radius 3 is 2.36 bits per heavy atom. The van der Waals surface area contributed by atoms with Crippen molar-refractivity contribution in [2.45, 2.75) is 29.4 Å². The summed E-state index contributed by atoms with van der Waals surface area (Å²) in [4.78, 5) is 3.61. The van der Waals surface area contributed by atoms with E-state index < -0.39 is 0 Å². The van der Waals surface area contributed by atoms with E-state index in [0.717, 1.165) is 48.8 Å².